The number of alkyl halides is 2. The molecule has 3 amide bonds. The van der Waals surface area contributed by atoms with Crippen LogP contribution in [0, 0.1) is 5.41 Å². The van der Waals surface area contributed by atoms with E-state index in [0.717, 1.165) is 11.3 Å². The number of halogens is 3. The highest BCUT2D eigenvalue weighted by molar-refractivity contribution is 7.18. The van der Waals surface area contributed by atoms with Crippen molar-refractivity contribution in [3.63, 3.8) is 0 Å². The Labute approximate surface area is 235 Å². The van der Waals surface area contributed by atoms with Crippen LogP contribution in [0.4, 0.5) is 20.2 Å². The van der Waals surface area contributed by atoms with E-state index in [9.17, 15) is 23.2 Å². The van der Waals surface area contributed by atoms with Crippen molar-refractivity contribution in [2.75, 3.05) is 49.6 Å². The van der Waals surface area contributed by atoms with E-state index in [2.05, 4.69) is 10.6 Å². The lowest BCUT2D eigenvalue weighted by molar-refractivity contribution is -0.126. The second-order valence-corrected chi connectivity index (χ2v) is 11.8. The minimum atomic E-state index is -3.14. The van der Waals surface area contributed by atoms with Crippen LogP contribution in [0.2, 0.25) is 4.34 Å². The topological polar surface area (TPSA) is 100 Å². The molecule has 3 rings (SSSR count). The number of hydrogen-bond donors (Lipinski definition) is 2. The summed E-state index contributed by atoms with van der Waals surface area (Å²) in [7, 11) is 0. The Kier molecular flexibility index (Phi) is 10.6. The van der Waals surface area contributed by atoms with Gasteiger partial charge in [0.15, 0.2) is 5.75 Å². The standard InChI is InChI=1S/C26H33ClF2N4O5S/c1-5-32(15-26(2,3)4)18(13-30-24(36)20-8-9-21(27)39-20)23(35)31-16-6-7-17(19(12-16)38-25(28)29)33-10-11-37-14-22(33)34/h6-9,12,18,25H,5,10-11,13-15H2,1-4H3,(H,30,36)(H,31,35)/t18-/m0/s1. The van der Waals surface area contributed by atoms with Gasteiger partial charge in [-0.1, -0.05) is 39.3 Å². The van der Waals surface area contributed by atoms with Gasteiger partial charge in [-0.3, -0.25) is 19.3 Å². The minimum Gasteiger partial charge on any atom is -0.433 e. The van der Waals surface area contributed by atoms with Crippen LogP contribution in [0.1, 0.15) is 37.4 Å². The zero-order valence-corrected chi connectivity index (χ0v) is 23.8. The molecular weight excluding hydrogens is 554 g/mol. The first kappa shape index (κ1) is 30.7. The molecule has 214 valence electrons. The molecule has 0 saturated carbocycles. The van der Waals surface area contributed by atoms with Gasteiger partial charge in [-0.15, -0.1) is 11.3 Å². The summed E-state index contributed by atoms with van der Waals surface area (Å²) >= 11 is 7.08. The van der Waals surface area contributed by atoms with Gasteiger partial charge in [-0.05, 0) is 36.2 Å². The Morgan fingerprint density at radius 3 is 2.59 bits per heavy atom. The molecule has 0 spiro atoms. The lowest BCUT2D eigenvalue weighted by Gasteiger charge is -2.35. The fourth-order valence-corrected chi connectivity index (χ4v) is 5.12. The van der Waals surface area contributed by atoms with Gasteiger partial charge in [0.05, 0.1) is 21.5 Å². The summed E-state index contributed by atoms with van der Waals surface area (Å²) in [6.45, 7) is 6.24. The van der Waals surface area contributed by atoms with Crippen molar-refractivity contribution in [1.82, 2.24) is 10.2 Å². The predicted octanol–water partition coefficient (Wildman–Crippen LogP) is 4.47. The van der Waals surface area contributed by atoms with Crippen LogP contribution in [0.3, 0.4) is 0 Å². The summed E-state index contributed by atoms with van der Waals surface area (Å²) in [5.41, 5.74) is 0.209. The van der Waals surface area contributed by atoms with Crippen molar-refractivity contribution < 1.29 is 32.6 Å². The summed E-state index contributed by atoms with van der Waals surface area (Å²) in [6.07, 6.45) is 0. The molecule has 1 fully saturated rings. The smallest absolute Gasteiger partial charge is 0.387 e. The van der Waals surface area contributed by atoms with Crippen LogP contribution in [0.15, 0.2) is 30.3 Å². The van der Waals surface area contributed by atoms with E-state index < -0.39 is 18.6 Å². The third-order valence-corrected chi connectivity index (χ3v) is 7.03. The van der Waals surface area contributed by atoms with Crippen LogP contribution in [0.25, 0.3) is 0 Å². The van der Waals surface area contributed by atoms with Crippen LogP contribution in [0.5, 0.6) is 5.75 Å². The van der Waals surface area contributed by atoms with E-state index in [-0.39, 0.29) is 60.7 Å². The number of carbonyl (C=O) groups is 3. The van der Waals surface area contributed by atoms with Crippen LogP contribution in [-0.4, -0.2) is 74.7 Å². The third-order valence-electron chi connectivity index (χ3n) is 5.80. The molecule has 0 radical (unpaired) electrons. The number of thiophene rings is 1. The summed E-state index contributed by atoms with van der Waals surface area (Å²) in [4.78, 5) is 42.1. The van der Waals surface area contributed by atoms with Crippen molar-refractivity contribution in [2.24, 2.45) is 5.41 Å². The molecular formula is C26H33ClF2N4O5S. The first-order valence-corrected chi connectivity index (χ1v) is 13.6. The second kappa shape index (κ2) is 13.5. The van der Waals surface area contributed by atoms with E-state index in [1.807, 2.05) is 32.6 Å². The van der Waals surface area contributed by atoms with Gasteiger partial charge >= 0.3 is 6.61 Å². The summed E-state index contributed by atoms with van der Waals surface area (Å²) < 4.78 is 36.7. The van der Waals surface area contributed by atoms with Crippen molar-refractivity contribution in [3.05, 3.63) is 39.5 Å². The summed E-state index contributed by atoms with van der Waals surface area (Å²) in [5, 5.41) is 5.57. The van der Waals surface area contributed by atoms with Crippen molar-refractivity contribution >= 4 is 52.0 Å². The zero-order valence-electron chi connectivity index (χ0n) is 22.3. The van der Waals surface area contributed by atoms with E-state index in [0.29, 0.717) is 22.3 Å². The normalized spacial score (nSPS) is 15.0. The maximum atomic E-state index is 13.5. The molecule has 1 aliphatic rings. The molecule has 9 nitrogen and oxygen atoms in total. The first-order valence-electron chi connectivity index (χ1n) is 12.4. The molecule has 0 unspecified atom stereocenters. The number of nitrogens with one attached hydrogen (secondary N) is 2. The Bertz CT molecular complexity index is 1170. The molecule has 0 bridgehead atoms. The fraction of sp³-hybridized carbons (Fsp3) is 0.500. The molecule has 1 aliphatic heterocycles. The molecule has 2 heterocycles. The second-order valence-electron chi connectivity index (χ2n) is 10.1. The lowest BCUT2D eigenvalue weighted by Crippen LogP contribution is -2.52. The van der Waals surface area contributed by atoms with Gasteiger partial charge in [0, 0.05) is 31.4 Å². The molecule has 13 heteroatoms. The van der Waals surface area contributed by atoms with Crippen LogP contribution >= 0.6 is 22.9 Å². The van der Waals surface area contributed by atoms with Crippen LogP contribution < -0.4 is 20.3 Å². The highest BCUT2D eigenvalue weighted by Crippen LogP contribution is 2.34. The van der Waals surface area contributed by atoms with Crippen molar-refractivity contribution in [1.29, 1.82) is 0 Å². The largest absolute Gasteiger partial charge is 0.433 e. The number of anilines is 2. The van der Waals surface area contributed by atoms with E-state index in [1.54, 1.807) is 12.1 Å². The van der Waals surface area contributed by atoms with Crippen LogP contribution in [-0.2, 0) is 14.3 Å². The SMILES string of the molecule is CCN(CC(C)(C)C)[C@@H](CNC(=O)c1ccc(Cl)s1)C(=O)Nc1ccc(N2CCOCC2=O)c(OC(F)F)c1. The number of benzene rings is 1. The highest BCUT2D eigenvalue weighted by atomic mass is 35.5. The fourth-order valence-electron chi connectivity index (χ4n) is 4.16. The van der Waals surface area contributed by atoms with Gasteiger partial charge in [-0.25, -0.2) is 0 Å². The average molecular weight is 587 g/mol. The molecule has 2 N–H and O–H groups in total. The maximum absolute atomic E-state index is 13.5. The zero-order chi connectivity index (χ0) is 28.7. The number of rotatable bonds is 11. The quantitative estimate of drug-likeness (QED) is 0.403. The number of likely N-dealkylation sites (N-methyl/N-ethyl adjacent to an activating group) is 1. The molecule has 0 aliphatic carbocycles. The molecule has 1 aromatic carbocycles. The van der Waals surface area contributed by atoms with Crippen molar-refractivity contribution in [3.8, 4) is 5.75 Å². The Balaban J connectivity index is 1.84. The molecule has 2 aromatic rings. The highest BCUT2D eigenvalue weighted by Gasteiger charge is 2.30. The van der Waals surface area contributed by atoms with Gasteiger partial charge in [0.2, 0.25) is 5.91 Å². The van der Waals surface area contributed by atoms with E-state index >= 15 is 0 Å². The molecule has 39 heavy (non-hydrogen) atoms. The number of ether oxygens (including phenoxy) is 2. The Hall–Kier alpha value is -2.80. The van der Waals surface area contributed by atoms with Gasteiger partial charge in [0.1, 0.15) is 12.6 Å². The Morgan fingerprint density at radius 2 is 2.00 bits per heavy atom. The maximum Gasteiger partial charge on any atom is 0.387 e. The summed E-state index contributed by atoms with van der Waals surface area (Å²) in [5.74, 6) is -1.44. The monoisotopic (exact) mass is 586 g/mol. The van der Waals surface area contributed by atoms with E-state index in [4.69, 9.17) is 21.1 Å². The number of hydrogen-bond acceptors (Lipinski definition) is 7. The number of carbonyl (C=O) groups excluding carboxylic acids is 3. The molecule has 1 saturated heterocycles. The summed E-state index contributed by atoms with van der Waals surface area (Å²) in [6, 6.07) is 6.67. The predicted molar refractivity (Wildman–Crippen MR) is 147 cm³/mol. The third kappa shape index (κ3) is 8.85. The van der Waals surface area contributed by atoms with Gasteiger partial charge in [-0.2, -0.15) is 8.78 Å². The Morgan fingerprint density at radius 1 is 1.26 bits per heavy atom. The van der Waals surface area contributed by atoms with Crippen molar-refractivity contribution in [2.45, 2.75) is 40.3 Å². The first-order chi connectivity index (χ1) is 18.4. The average Bonchev–Trinajstić information content (AvgIpc) is 3.29. The van der Waals surface area contributed by atoms with Gasteiger partial charge < -0.3 is 25.0 Å². The van der Waals surface area contributed by atoms with E-state index in [1.165, 1.54) is 23.1 Å². The lowest BCUT2D eigenvalue weighted by atomic mass is 9.95. The number of amides is 3. The molecule has 1 atom stereocenters. The molecule has 1 aromatic heterocycles. The van der Waals surface area contributed by atoms with Gasteiger partial charge in [0.25, 0.3) is 11.8 Å². The minimum absolute atomic E-state index is 0.00482. The number of morpholine rings is 1. The number of nitrogens with zero attached hydrogens (tertiary/aromatic N) is 2.